The number of likely N-dealkylation sites (N-methyl/N-ethyl adjacent to an activating group) is 1. The number of hydrogen-bond donors (Lipinski definition) is 1. The maximum atomic E-state index is 10.9. The lowest BCUT2D eigenvalue weighted by molar-refractivity contribution is -0.301. The van der Waals surface area contributed by atoms with Crippen molar-refractivity contribution in [1.29, 1.82) is 0 Å². The van der Waals surface area contributed by atoms with Gasteiger partial charge in [0.15, 0.2) is 0 Å². The van der Waals surface area contributed by atoms with Crippen molar-refractivity contribution >= 4 is 11.6 Å². The summed E-state index contributed by atoms with van der Waals surface area (Å²) in [6.07, 6.45) is 0. The highest BCUT2D eigenvalue weighted by Crippen LogP contribution is 2.39. The highest BCUT2D eigenvalue weighted by atomic mass is 35.5. The highest BCUT2D eigenvalue weighted by Gasteiger charge is 2.49. The minimum atomic E-state index is -1.31. The zero-order valence-electron chi connectivity index (χ0n) is 12.0. The first kappa shape index (κ1) is 14.8. The van der Waals surface area contributed by atoms with Crippen molar-refractivity contribution in [3.8, 4) is 0 Å². The van der Waals surface area contributed by atoms with E-state index in [1.807, 2.05) is 19.1 Å². The van der Waals surface area contributed by atoms with Gasteiger partial charge in [0.05, 0.1) is 12.6 Å². The number of halogens is 1. The van der Waals surface area contributed by atoms with Gasteiger partial charge in [-0.2, -0.15) is 0 Å². The molecule has 0 aliphatic carbocycles. The molecule has 1 aromatic rings. The molecule has 1 fully saturated rings. The minimum absolute atomic E-state index is 0.0844. The number of hydrogen-bond acceptors (Lipinski definition) is 3. The van der Waals surface area contributed by atoms with Gasteiger partial charge in [0, 0.05) is 16.1 Å². The summed E-state index contributed by atoms with van der Waals surface area (Å²) in [6.45, 7) is 9.69. The van der Waals surface area contributed by atoms with Crippen LogP contribution in [0.1, 0.15) is 33.3 Å². The number of rotatable bonds is 2. The van der Waals surface area contributed by atoms with Crippen molar-refractivity contribution in [2.45, 2.75) is 45.1 Å². The van der Waals surface area contributed by atoms with Crippen molar-refractivity contribution in [2.75, 3.05) is 13.2 Å². The van der Waals surface area contributed by atoms with Crippen LogP contribution in [0.5, 0.6) is 0 Å². The maximum Gasteiger partial charge on any atom is 0.208 e. The Morgan fingerprint density at radius 3 is 2.74 bits per heavy atom. The summed E-state index contributed by atoms with van der Waals surface area (Å²) in [6, 6.07) is 7.11. The predicted molar refractivity (Wildman–Crippen MR) is 77.2 cm³/mol. The lowest BCUT2D eigenvalue weighted by Crippen LogP contribution is -2.65. The van der Waals surface area contributed by atoms with Gasteiger partial charge in [-0.15, -0.1) is 0 Å². The van der Waals surface area contributed by atoms with Crippen LogP contribution in [0.3, 0.4) is 0 Å². The first-order chi connectivity index (χ1) is 8.81. The summed E-state index contributed by atoms with van der Waals surface area (Å²) in [4.78, 5) is 2.26. The third-order valence-corrected chi connectivity index (χ3v) is 4.27. The smallest absolute Gasteiger partial charge is 0.208 e. The molecule has 4 heteroatoms. The molecule has 2 rings (SSSR count). The quantitative estimate of drug-likeness (QED) is 0.906. The number of morpholine rings is 1. The van der Waals surface area contributed by atoms with E-state index in [0.717, 1.165) is 6.54 Å². The van der Waals surface area contributed by atoms with E-state index in [0.29, 0.717) is 17.2 Å². The van der Waals surface area contributed by atoms with Crippen molar-refractivity contribution in [3.63, 3.8) is 0 Å². The number of ether oxygens (including phenoxy) is 1. The molecule has 2 atom stereocenters. The van der Waals surface area contributed by atoms with Gasteiger partial charge in [-0.25, -0.2) is 0 Å². The Kier molecular flexibility index (Phi) is 3.94. The molecule has 1 heterocycles. The van der Waals surface area contributed by atoms with Gasteiger partial charge < -0.3 is 9.84 Å². The van der Waals surface area contributed by atoms with Crippen molar-refractivity contribution in [1.82, 2.24) is 4.90 Å². The molecular formula is C15H22ClNO2. The van der Waals surface area contributed by atoms with E-state index in [1.54, 1.807) is 12.1 Å². The van der Waals surface area contributed by atoms with Crippen LogP contribution in [0.2, 0.25) is 5.02 Å². The molecule has 0 spiro atoms. The van der Waals surface area contributed by atoms with E-state index < -0.39 is 5.79 Å². The lowest BCUT2D eigenvalue weighted by Gasteiger charge is -2.53. The maximum absolute atomic E-state index is 10.9. The average Bonchev–Trinajstić information content (AvgIpc) is 2.35. The fourth-order valence-corrected chi connectivity index (χ4v) is 3.15. The van der Waals surface area contributed by atoms with Crippen LogP contribution in [-0.4, -0.2) is 34.7 Å². The van der Waals surface area contributed by atoms with E-state index in [1.165, 1.54) is 0 Å². The summed E-state index contributed by atoms with van der Waals surface area (Å²) in [5.74, 6) is -1.31. The zero-order valence-corrected chi connectivity index (χ0v) is 12.7. The summed E-state index contributed by atoms with van der Waals surface area (Å²) in [5, 5.41) is 11.6. The van der Waals surface area contributed by atoms with E-state index >= 15 is 0 Å². The molecule has 0 radical (unpaired) electrons. The molecular weight excluding hydrogens is 262 g/mol. The number of nitrogens with zero attached hydrogens (tertiary/aromatic N) is 1. The first-order valence-corrected chi connectivity index (χ1v) is 7.08. The van der Waals surface area contributed by atoms with Crippen LogP contribution in [0, 0.1) is 0 Å². The largest absolute Gasteiger partial charge is 0.361 e. The van der Waals surface area contributed by atoms with Crippen LogP contribution in [-0.2, 0) is 10.5 Å². The van der Waals surface area contributed by atoms with Crippen molar-refractivity contribution in [3.05, 3.63) is 34.9 Å². The van der Waals surface area contributed by atoms with Crippen LogP contribution in [0.25, 0.3) is 0 Å². The van der Waals surface area contributed by atoms with E-state index in [-0.39, 0.29) is 11.6 Å². The van der Waals surface area contributed by atoms with Gasteiger partial charge in [-0.05, 0) is 39.4 Å². The SMILES string of the molecule is CCN1C(C)C(O)(c2cccc(Cl)c2)OCC1(C)C. The molecule has 0 aromatic heterocycles. The fourth-order valence-electron chi connectivity index (χ4n) is 2.96. The Balaban J connectivity index is 2.39. The second-order valence-electron chi connectivity index (χ2n) is 5.77. The fraction of sp³-hybridized carbons (Fsp3) is 0.600. The normalized spacial score (nSPS) is 31.4. The number of benzene rings is 1. The lowest BCUT2D eigenvalue weighted by atomic mass is 9.90. The molecule has 0 bridgehead atoms. The summed E-state index contributed by atoms with van der Waals surface area (Å²) >= 11 is 6.02. The molecule has 1 saturated heterocycles. The minimum Gasteiger partial charge on any atom is -0.361 e. The van der Waals surface area contributed by atoms with Gasteiger partial charge in [0.2, 0.25) is 5.79 Å². The van der Waals surface area contributed by atoms with Crippen molar-refractivity contribution in [2.24, 2.45) is 0 Å². The monoisotopic (exact) mass is 283 g/mol. The molecule has 2 unspecified atom stereocenters. The van der Waals surface area contributed by atoms with Gasteiger partial charge in [-0.1, -0.05) is 30.7 Å². The molecule has 106 valence electrons. The molecule has 1 aromatic carbocycles. The van der Waals surface area contributed by atoms with E-state index in [9.17, 15) is 5.11 Å². The molecule has 1 N–H and O–H groups in total. The second kappa shape index (κ2) is 5.06. The molecule has 19 heavy (non-hydrogen) atoms. The molecule has 1 aliphatic rings. The van der Waals surface area contributed by atoms with Crippen molar-refractivity contribution < 1.29 is 9.84 Å². The standard InChI is InChI=1S/C15H22ClNO2/c1-5-17-11(2)15(18,19-10-14(17,3)4)12-7-6-8-13(16)9-12/h6-9,11,18H,5,10H2,1-4H3. The summed E-state index contributed by atoms with van der Waals surface area (Å²) in [7, 11) is 0. The Bertz CT molecular complexity index is 463. The predicted octanol–water partition coefficient (Wildman–Crippen LogP) is 3.00. The Morgan fingerprint density at radius 2 is 2.16 bits per heavy atom. The third-order valence-electron chi connectivity index (χ3n) is 4.04. The first-order valence-electron chi connectivity index (χ1n) is 6.70. The van der Waals surface area contributed by atoms with E-state index in [4.69, 9.17) is 16.3 Å². The van der Waals surface area contributed by atoms with Crippen LogP contribution in [0.15, 0.2) is 24.3 Å². The summed E-state index contributed by atoms with van der Waals surface area (Å²) in [5.41, 5.74) is 0.625. The van der Waals surface area contributed by atoms with Gasteiger partial charge in [0.1, 0.15) is 0 Å². The van der Waals surface area contributed by atoms with Crippen LogP contribution in [0.4, 0.5) is 0 Å². The Morgan fingerprint density at radius 1 is 1.47 bits per heavy atom. The van der Waals surface area contributed by atoms with Gasteiger partial charge in [0.25, 0.3) is 0 Å². The average molecular weight is 284 g/mol. The van der Waals surface area contributed by atoms with Crippen LogP contribution >= 0.6 is 11.6 Å². The highest BCUT2D eigenvalue weighted by molar-refractivity contribution is 6.30. The third kappa shape index (κ3) is 2.52. The second-order valence-corrected chi connectivity index (χ2v) is 6.21. The topological polar surface area (TPSA) is 32.7 Å². The Hall–Kier alpha value is -0.610. The summed E-state index contributed by atoms with van der Waals surface area (Å²) < 4.78 is 5.82. The molecule has 0 amide bonds. The van der Waals surface area contributed by atoms with E-state index in [2.05, 4.69) is 25.7 Å². The molecule has 1 aliphatic heterocycles. The van der Waals surface area contributed by atoms with Gasteiger partial charge >= 0.3 is 0 Å². The number of aliphatic hydroxyl groups is 1. The molecule has 0 saturated carbocycles. The Labute approximate surface area is 120 Å². The van der Waals surface area contributed by atoms with Gasteiger partial charge in [-0.3, -0.25) is 4.90 Å². The zero-order chi connectivity index (χ0) is 14.3. The van der Waals surface area contributed by atoms with Crippen LogP contribution < -0.4 is 0 Å². The molecule has 3 nitrogen and oxygen atoms in total.